The summed E-state index contributed by atoms with van der Waals surface area (Å²) in [6.07, 6.45) is 0. The highest BCUT2D eigenvalue weighted by atomic mass is 79.9. The van der Waals surface area contributed by atoms with Gasteiger partial charge in [0.2, 0.25) is 20.0 Å². The summed E-state index contributed by atoms with van der Waals surface area (Å²) in [5, 5.41) is 5.07. The fraction of sp³-hybridized carbons (Fsp3) is 0.182. The second-order valence-electron chi connectivity index (χ2n) is 4.65. The quantitative estimate of drug-likeness (QED) is 0.494. The number of sulfonamides is 2. The molecule has 126 valence electrons. The average molecular weight is 425 g/mol. The summed E-state index contributed by atoms with van der Waals surface area (Å²) < 4.78 is 49.4. The molecule has 0 aliphatic carbocycles. The van der Waals surface area contributed by atoms with Gasteiger partial charge in [-0.25, -0.2) is 26.7 Å². The van der Waals surface area contributed by atoms with Gasteiger partial charge in [-0.1, -0.05) is 15.9 Å². The van der Waals surface area contributed by atoms with E-state index in [0.29, 0.717) is 9.99 Å². The summed E-state index contributed by atoms with van der Waals surface area (Å²) in [5.41, 5.74) is 5.33. The number of carbonyl (C=O) groups is 1. The zero-order valence-electron chi connectivity index (χ0n) is 11.5. The third-order valence-electron chi connectivity index (χ3n) is 2.91. The van der Waals surface area contributed by atoms with Crippen molar-refractivity contribution in [2.24, 2.45) is 10.9 Å². The summed E-state index contributed by atoms with van der Waals surface area (Å²) in [6, 6.07) is 4.75. The molecule has 1 aromatic carbocycles. The number of hydrogen-bond acceptors (Lipinski definition) is 5. The number of aromatic amines is 1. The van der Waals surface area contributed by atoms with Gasteiger partial charge < -0.3 is 10.7 Å². The van der Waals surface area contributed by atoms with Gasteiger partial charge in [0.15, 0.2) is 0 Å². The average Bonchev–Trinajstić information content (AvgIpc) is 2.76. The maximum Gasteiger partial charge on any atom is 0.266 e. The Kier molecular flexibility index (Phi) is 4.82. The Labute approximate surface area is 140 Å². The third kappa shape index (κ3) is 4.09. The Balaban J connectivity index is 2.53. The van der Waals surface area contributed by atoms with Crippen LogP contribution in [-0.2, 0) is 20.0 Å². The highest BCUT2D eigenvalue weighted by Gasteiger charge is 2.27. The second kappa shape index (κ2) is 6.20. The molecule has 12 heteroatoms. The molecule has 1 aromatic heterocycles. The zero-order valence-corrected chi connectivity index (χ0v) is 14.8. The SMILES string of the molecule is NC(=O)c1[nH]c2ccc(Br)cc2c1S(=O)(=O)NCCS(N)(=O)=O. The number of primary sulfonamides is 1. The van der Waals surface area contributed by atoms with Crippen molar-refractivity contribution in [2.75, 3.05) is 12.3 Å². The number of primary amides is 1. The smallest absolute Gasteiger partial charge is 0.266 e. The molecule has 0 unspecified atom stereocenters. The zero-order chi connectivity index (χ0) is 17.4. The van der Waals surface area contributed by atoms with Crippen molar-refractivity contribution in [1.82, 2.24) is 9.71 Å². The fourth-order valence-electron chi connectivity index (χ4n) is 1.98. The monoisotopic (exact) mass is 424 g/mol. The Bertz CT molecular complexity index is 981. The van der Waals surface area contributed by atoms with Crippen LogP contribution >= 0.6 is 15.9 Å². The topological polar surface area (TPSA) is 165 Å². The van der Waals surface area contributed by atoms with E-state index in [0.717, 1.165) is 0 Å². The molecule has 0 atom stereocenters. The highest BCUT2D eigenvalue weighted by Crippen LogP contribution is 2.29. The van der Waals surface area contributed by atoms with Crippen LogP contribution in [0.15, 0.2) is 27.6 Å². The molecular weight excluding hydrogens is 412 g/mol. The Hall–Kier alpha value is -1.47. The number of nitrogens with two attached hydrogens (primary N) is 2. The highest BCUT2D eigenvalue weighted by molar-refractivity contribution is 9.10. The number of fused-ring (bicyclic) bond motifs is 1. The van der Waals surface area contributed by atoms with E-state index in [4.69, 9.17) is 10.9 Å². The number of H-pyrrole nitrogens is 1. The first-order chi connectivity index (χ1) is 10.5. The van der Waals surface area contributed by atoms with Crippen LogP contribution in [0.5, 0.6) is 0 Å². The van der Waals surface area contributed by atoms with Crippen molar-refractivity contribution in [3.8, 4) is 0 Å². The summed E-state index contributed by atoms with van der Waals surface area (Å²) >= 11 is 3.22. The van der Waals surface area contributed by atoms with Gasteiger partial charge in [0.05, 0.1) is 5.75 Å². The first kappa shape index (κ1) is 17.9. The molecule has 0 aliphatic rings. The molecule has 0 spiro atoms. The number of hydrogen-bond donors (Lipinski definition) is 4. The number of halogens is 1. The van der Waals surface area contributed by atoms with Gasteiger partial charge in [-0.05, 0) is 18.2 Å². The van der Waals surface area contributed by atoms with E-state index in [9.17, 15) is 21.6 Å². The van der Waals surface area contributed by atoms with E-state index >= 15 is 0 Å². The lowest BCUT2D eigenvalue weighted by molar-refractivity contribution is 0.0993. The number of carbonyl (C=O) groups excluding carboxylic acids is 1. The van der Waals surface area contributed by atoms with Crippen LogP contribution in [0.3, 0.4) is 0 Å². The first-order valence-corrected chi connectivity index (χ1v) is 10.1. The van der Waals surface area contributed by atoms with Crippen molar-refractivity contribution in [3.63, 3.8) is 0 Å². The second-order valence-corrected chi connectivity index (χ2v) is 9.00. The van der Waals surface area contributed by atoms with Gasteiger partial charge in [0.1, 0.15) is 10.6 Å². The standard InChI is InChI=1S/C11H13BrN4O5S2/c12-6-1-2-8-7(5-6)10(9(16-8)11(13)17)23(20,21)15-3-4-22(14,18)19/h1-2,5,15-16H,3-4H2,(H2,13,17)(H2,14,18,19). The Morgan fingerprint density at radius 2 is 1.91 bits per heavy atom. The van der Waals surface area contributed by atoms with Crippen molar-refractivity contribution in [2.45, 2.75) is 4.90 Å². The molecule has 0 radical (unpaired) electrons. The van der Waals surface area contributed by atoms with Crippen LogP contribution < -0.4 is 15.6 Å². The molecule has 1 heterocycles. The van der Waals surface area contributed by atoms with E-state index in [1.807, 2.05) is 0 Å². The summed E-state index contributed by atoms with van der Waals surface area (Å²) in [6.45, 7) is -0.431. The maximum atomic E-state index is 12.4. The molecule has 0 fully saturated rings. The van der Waals surface area contributed by atoms with Crippen LogP contribution in [0.4, 0.5) is 0 Å². The summed E-state index contributed by atoms with van der Waals surface area (Å²) in [4.78, 5) is 13.8. The molecule has 23 heavy (non-hydrogen) atoms. The van der Waals surface area contributed by atoms with Crippen molar-refractivity contribution >= 4 is 52.8 Å². The molecule has 9 nitrogen and oxygen atoms in total. The van der Waals surface area contributed by atoms with Crippen LogP contribution in [-0.4, -0.2) is 40.0 Å². The number of amides is 1. The van der Waals surface area contributed by atoms with Gasteiger partial charge in [-0.3, -0.25) is 4.79 Å². The van der Waals surface area contributed by atoms with Crippen LogP contribution in [0, 0.1) is 0 Å². The molecule has 0 aliphatic heterocycles. The van der Waals surface area contributed by atoms with Crippen LogP contribution in [0.1, 0.15) is 10.5 Å². The number of aromatic nitrogens is 1. The Morgan fingerprint density at radius 1 is 1.26 bits per heavy atom. The van der Waals surface area contributed by atoms with Gasteiger partial charge in [-0.15, -0.1) is 0 Å². The van der Waals surface area contributed by atoms with Gasteiger partial charge >= 0.3 is 0 Å². The molecule has 6 N–H and O–H groups in total. The minimum Gasteiger partial charge on any atom is -0.364 e. The summed E-state index contributed by atoms with van der Waals surface area (Å²) in [5.74, 6) is -1.53. The number of nitrogens with one attached hydrogen (secondary N) is 2. The van der Waals surface area contributed by atoms with E-state index in [2.05, 4.69) is 25.6 Å². The van der Waals surface area contributed by atoms with Crippen molar-refractivity contribution in [3.05, 3.63) is 28.4 Å². The molecule has 1 amide bonds. The summed E-state index contributed by atoms with van der Waals surface area (Å²) in [7, 11) is -8.01. The first-order valence-electron chi connectivity index (χ1n) is 6.12. The van der Waals surface area contributed by atoms with Gasteiger partial charge in [0.25, 0.3) is 5.91 Å². The normalized spacial score (nSPS) is 12.6. The van der Waals surface area contributed by atoms with Crippen molar-refractivity contribution in [1.29, 1.82) is 0 Å². The maximum absolute atomic E-state index is 12.4. The van der Waals surface area contributed by atoms with Crippen LogP contribution in [0.25, 0.3) is 10.9 Å². The molecule has 0 bridgehead atoms. The minimum absolute atomic E-state index is 0.247. The Morgan fingerprint density at radius 3 is 2.48 bits per heavy atom. The molecular formula is C11H13BrN4O5S2. The molecule has 2 rings (SSSR count). The fourth-order valence-corrected chi connectivity index (χ4v) is 4.25. The lowest BCUT2D eigenvalue weighted by Gasteiger charge is -2.07. The molecule has 0 saturated heterocycles. The van der Waals surface area contributed by atoms with E-state index in [1.165, 1.54) is 6.07 Å². The molecule has 0 saturated carbocycles. The van der Waals surface area contributed by atoms with Gasteiger partial charge in [0, 0.05) is 21.9 Å². The largest absolute Gasteiger partial charge is 0.364 e. The van der Waals surface area contributed by atoms with E-state index in [1.54, 1.807) is 12.1 Å². The number of benzene rings is 1. The van der Waals surface area contributed by atoms with Gasteiger partial charge in [-0.2, -0.15) is 0 Å². The van der Waals surface area contributed by atoms with E-state index < -0.39 is 38.3 Å². The van der Waals surface area contributed by atoms with Crippen LogP contribution in [0.2, 0.25) is 0 Å². The third-order valence-corrected chi connectivity index (χ3v) is 5.72. The van der Waals surface area contributed by atoms with Crippen molar-refractivity contribution < 1.29 is 21.6 Å². The number of rotatable bonds is 6. The van der Waals surface area contributed by atoms with E-state index in [-0.39, 0.29) is 16.0 Å². The molecule has 2 aromatic rings. The lowest BCUT2D eigenvalue weighted by Crippen LogP contribution is -2.32. The predicted octanol–water partition coefficient (Wildman–Crippen LogP) is -0.404. The lowest BCUT2D eigenvalue weighted by atomic mass is 10.2. The predicted molar refractivity (Wildman–Crippen MR) is 87.7 cm³/mol. The minimum atomic E-state index is -4.18.